The molecule has 2 fully saturated rings. The van der Waals surface area contributed by atoms with E-state index in [0.29, 0.717) is 18.3 Å². The Kier molecular flexibility index (Phi) is 5.03. The van der Waals surface area contributed by atoms with Crippen LogP contribution in [0, 0.1) is 0 Å². The van der Waals surface area contributed by atoms with Gasteiger partial charge in [-0.3, -0.25) is 0 Å². The van der Waals surface area contributed by atoms with Gasteiger partial charge in [-0.1, -0.05) is 6.92 Å². The van der Waals surface area contributed by atoms with Crippen LogP contribution in [0.3, 0.4) is 0 Å². The highest BCUT2D eigenvalue weighted by molar-refractivity contribution is 4.75. The van der Waals surface area contributed by atoms with Crippen molar-refractivity contribution in [2.75, 3.05) is 32.9 Å². The third-order valence-electron chi connectivity index (χ3n) is 3.22. The van der Waals surface area contributed by atoms with Gasteiger partial charge in [-0.25, -0.2) is 0 Å². The first kappa shape index (κ1) is 12.3. The Labute approximate surface area is 97.6 Å². The summed E-state index contributed by atoms with van der Waals surface area (Å²) in [7, 11) is 0. The molecule has 2 heterocycles. The van der Waals surface area contributed by atoms with Gasteiger partial charge in [0.15, 0.2) is 0 Å². The van der Waals surface area contributed by atoms with Crippen LogP contribution >= 0.6 is 0 Å². The van der Waals surface area contributed by atoms with Crippen molar-refractivity contribution in [1.82, 2.24) is 5.32 Å². The minimum atomic E-state index is 0.296. The van der Waals surface area contributed by atoms with E-state index in [-0.39, 0.29) is 0 Å². The van der Waals surface area contributed by atoms with Gasteiger partial charge < -0.3 is 19.5 Å². The van der Waals surface area contributed by atoms with Crippen LogP contribution in [-0.2, 0) is 14.2 Å². The van der Waals surface area contributed by atoms with Crippen molar-refractivity contribution in [3.63, 3.8) is 0 Å². The molecule has 0 spiro atoms. The summed E-state index contributed by atoms with van der Waals surface area (Å²) in [6, 6.07) is 0. The summed E-state index contributed by atoms with van der Waals surface area (Å²) >= 11 is 0. The van der Waals surface area contributed by atoms with Crippen molar-refractivity contribution < 1.29 is 14.2 Å². The average molecular weight is 229 g/mol. The Balaban J connectivity index is 1.57. The first-order valence-electron chi connectivity index (χ1n) is 6.44. The number of nitrogens with one attached hydrogen (secondary N) is 1. The zero-order chi connectivity index (χ0) is 11.2. The van der Waals surface area contributed by atoms with Gasteiger partial charge >= 0.3 is 0 Å². The topological polar surface area (TPSA) is 39.7 Å². The molecule has 3 unspecified atom stereocenters. The van der Waals surface area contributed by atoms with Crippen LogP contribution in [0.25, 0.3) is 0 Å². The van der Waals surface area contributed by atoms with Crippen LogP contribution in [0.5, 0.6) is 0 Å². The van der Waals surface area contributed by atoms with Gasteiger partial charge in [0.2, 0.25) is 0 Å². The van der Waals surface area contributed by atoms with Crippen LogP contribution < -0.4 is 5.32 Å². The van der Waals surface area contributed by atoms with Gasteiger partial charge in [0.1, 0.15) is 0 Å². The molecule has 4 heteroatoms. The molecule has 2 aliphatic heterocycles. The van der Waals surface area contributed by atoms with Gasteiger partial charge in [0.25, 0.3) is 0 Å². The fourth-order valence-electron chi connectivity index (χ4n) is 2.25. The standard InChI is InChI=1S/C12H23NO3/c1-2-13-7-10-3-4-12(16-10)9-15-11-5-6-14-8-11/h10-13H,2-9H2,1H3. The number of hydrogen-bond donors (Lipinski definition) is 1. The molecule has 0 aliphatic carbocycles. The molecule has 0 saturated carbocycles. The molecular weight excluding hydrogens is 206 g/mol. The van der Waals surface area contributed by atoms with E-state index >= 15 is 0 Å². The van der Waals surface area contributed by atoms with Crippen LogP contribution in [0.15, 0.2) is 0 Å². The Bertz CT molecular complexity index is 195. The van der Waals surface area contributed by atoms with Crippen LogP contribution in [0.4, 0.5) is 0 Å². The zero-order valence-corrected chi connectivity index (χ0v) is 10.1. The zero-order valence-electron chi connectivity index (χ0n) is 10.1. The molecule has 0 bridgehead atoms. The molecule has 1 N–H and O–H groups in total. The van der Waals surface area contributed by atoms with E-state index in [9.17, 15) is 0 Å². The number of likely N-dealkylation sites (N-methyl/N-ethyl adjacent to an activating group) is 1. The fourth-order valence-corrected chi connectivity index (χ4v) is 2.25. The minimum Gasteiger partial charge on any atom is -0.379 e. The highest BCUT2D eigenvalue weighted by Gasteiger charge is 2.26. The number of rotatable bonds is 6. The van der Waals surface area contributed by atoms with Crippen LogP contribution in [-0.4, -0.2) is 51.2 Å². The summed E-state index contributed by atoms with van der Waals surface area (Å²) < 4.78 is 16.9. The van der Waals surface area contributed by atoms with E-state index in [4.69, 9.17) is 14.2 Å². The first-order chi connectivity index (χ1) is 7.88. The highest BCUT2D eigenvalue weighted by atomic mass is 16.6. The van der Waals surface area contributed by atoms with Gasteiger partial charge in [0.05, 0.1) is 31.5 Å². The summed E-state index contributed by atoms with van der Waals surface area (Å²) in [5.41, 5.74) is 0. The van der Waals surface area contributed by atoms with Gasteiger partial charge in [0, 0.05) is 13.2 Å². The first-order valence-corrected chi connectivity index (χ1v) is 6.44. The lowest BCUT2D eigenvalue weighted by molar-refractivity contribution is -0.0418. The SMILES string of the molecule is CCNCC1CCC(COC2CCOC2)O1. The van der Waals surface area contributed by atoms with E-state index in [1.165, 1.54) is 0 Å². The molecule has 2 aliphatic rings. The van der Waals surface area contributed by atoms with Crippen molar-refractivity contribution in [2.45, 2.75) is 44.5 Å². The lowest BCUT2D eigenvalue weighted by Gasteiger charge is -2.16. The van der Waals surface area contributed by atoms with Gasteiger partial charge in [-0.15, -0.1) is 0 Å². The van der Waals surface area contributed by atoms with E-state index < -0.39 is 0 Å². The molecule has 2 saturated heterocycles. The third kappa shape index (κ3) is 3.70. The lowest BCUT2D eigenvalue weighted by atomic mass is 10.2. The largest absolute Gasteiger partial charge is 0.379 e. The predicted octanol–water partition coefficient (Wildman–Crippen LogP) is 0.949. The normalized spacial score (nSPS) is 34.7. The molecule has 0 aromatic heterocycles. The molecule has 0 amide bonds. The van der Waals surface area contributed by atoms with E-state index in [1.54, 1.807) is 0 Å². The molecule has 94 valence electrons. The minimum absolute atomic E-state index is 0.296. The monoisotopic (exact) mass is 229 g/mol. The summed E-state index contributed by atoms with van der Waals surface area (Å²) in [6.07, 6.45) is 4.30. The van der Waals surface area contributed by atoms with Crippen molar-refractivity contribution in [3.8, 4) is 0 Å². The van der Waals surface area contributed by atoms with Crippen molar-refractivity contribution >= 4 is 0 Å². The Morgan fingerprint density at radius 1 is 1.25 bits per heavy atom. The third-order valence-corrected chi connectivity index (χ3v) is 3.22. The molecule has 2 rings (SSSR count). The number of hydrogen-bond acceptors (Lipinski definition) is 4. The van der Waals surface area contributed by atoms with Crippen molar-refractivity contribution in [2.24, 2.45) is 0 Å². The smallest absolute Gasteiger partial charge is 0.0831 e. The van der Waals surface area contributed by atoms with E-state index in [2.05, 4.69) is 12.2 Å². The Hall–Kier alpha value is -0.160. The fraction of sp³-hybridized carbons (Fsp3) is 1.00. The maximum Gasteiger partial charge on any atom is 0.0831 e. The molecule has 0 aromatic rings. The van der Waals surface area contributed by atoms with Gasteiger partial charge in [-0.2, -0.15) is 0 Å². The summed E-state index contributed by atoms with van der Waals surface area (Å²) in [5, 5.41) is 3.32. The lowest BCUT2D eigenvalue weighted by Crippen LogP contribution is -2.28. The predicted molar refractivity (Wildman–Crippen MR) is 61.6 cm³/mol. The Morgan fingerprint density at radius 2 is 2.12 bits per heavy atom. The van der Waals surface area contributed by atoms with Crippen LogP contribution in [0.2, 0.25) is 0 Å². The second-order valence-electron chi connectivity index (χ2n) is 4.58. The van der Waals surface area contributed by atoms with Crippen molar-refractivity contribution in [3.05, 3.63) is 0 Å². The van der Waals surface area contributed by atoms with Crippen molar-refractivity contribution in [1.29, 1.82) is 0 Å². The number of ether oxygens (including phenoxy) is 3. The molecule has 4 nitrogen and oxygen atoms in total. The molecule has 16 heavy (non-hydrogen) atoms. The van der Waals surface area contributed by atoms with E-state index in [1.807, 2.05) is 0 Å². The molecule has 3 atom stereocenters. The molecule has 0 radical (unpaired) electrons. The summed E-state index contributed by atoms with van der Waals surface area (Å²) in [4.78, 5) is 0. The van der Waals surface area contributed by atoms with E-state index in [0.717, 1.165) is 52.2 Å². The maximum absolute atomic E-state index is 5.89. The van der Waals surface area contributed by atoms with Crippen LogP contribution in [0.1, 0.15) is 26.2 Å². The summed E-state index contributed by atoms with van der Waals surface area (Å²) in [5.74, 6) is 0. The average Bonchev–Trinajstić information content (AvgIpc) is 2.95. The second-order valence-corrected chi connectivity index (χ2v) is 4.58. The highest BCUT2D eigenvalue weighted by Crippen LogP contribution is 2.20. The van der Waals surface area contributed by atoms with Gasteiger partial charge in [-0.05, 0) is 25.8 Å². The second kappa shape index (κ2) is 6.55. The maximum atomic E-state index is 5.89. The quantitative estimate of drug-likeness (QED) is 0.736. The Morgan fingerprint density at radius 3 is 2.88 bits per heavy atom. The molecular formula is C12H23NO3. The molecule has 0 aromatic carbocycles. The summed E-state index contributed by atoms with van der Waals surface area (Å²) in [6.45, 7) is 6.44.